The molecule has 16 N–H and O–H groups in total. The first-order valence-electron chi connectivity index (χ1n) is 21.4. The highest BCUT2D eigenvalue weighted by molar-refractivity contribution is 5.97. The first kappa shape index (κ1) is 54.0. The molecule has 0 fully saturated rings. The van der Waals surface area contributed by atoms with Crippen LogP contribution in [0.4, 0.5) is 0 Å². The van der Waals surface area contributed by atoms with E-state index in [1.165, 1.54) is 13.8 Å². The zero-order valence-electron chi connectivity index (χ0n) is 37.3. The molecule has 2 rings (SSSR count). The summed E-state index contributed by atoms with van der Waals surface area (Å²) in [6.07, 6.45) is 1.19. The number of amides is 8. The van der Waals surface area contributed by atoms with Gasteiger partial charge in [0.1, 0.15) is 36.3 Å². The highest BCUT2D eigenvalue weighted by Crippen LogP contribution is 2.19. The maximum atomic E-state index is 13.7. The van der Waals surface area contributed by atoms with Crippen molar-refractivity contribution in [2.45, 2.75) is 135 Å². The summed E-state index contributed by atoms with van der Waals surface area (Å²) in [5, 5.41) is 38.2. The molecule has 0 radical (unpaired) electrons. The number of nitrogens with two attached hydrogens (primary N) is 3. The predicted molar refractivity (Wildman–Crippen MR) is 235 cm³/mol. The Morgan fingerprint density at radius 2 is 1.31 bits per heavy atom. The molecule has 0 unspecified atom stereocenters. The zero-order valence-corrected chi connectivity index (χ0v) is 37.3. The van der Waals surface area contributed by atoms with Crippen LogP contribution in [0.2, 0.25) is 0 Å². The van der Waals surface area contributed by atoms with E-state index in [0.29, 0.717) is 31.4 Å². The number of fused-ring (bicyclic) bond motifs is 1. The van der Waals surface area contributed by atoms with Gasteiger partial charge in [0.05, 0.1) is 18.7 Å². The summed E-state index contributed by atoms with van der Waals surface area (Å²) in [6, 6.07) is -1.76. The van der Waals surface area contributed by atoms with Gasteiger partial charge in [-0.25, -0.2) is 4.79 Å². The summed E-state index contributed by atoms with van der Waals surface area (Å²) in [7, 11) is 0. The van der Waals surface area contributed by atoms with Gasteiger partial charge in [0, 0.05) is 29.9 Å². The van der Waals surface area contributed by atoms with Gasteiger partial charge >= 0.3 is 5.97 Å². The third-order valence-electron chi connectivity index (χ3n) is 10.7. The Morgan fingerprint density at radius 1 is 0.719 bits per heavy atom. The fourth-order valence-electron chi connectivity index (χ4n) is 6.46. The van der Waals surface area contributed by atoms with E-state index in [0.717, 1.165) is 10.9 Å². The number of hydrogen-bond donors (Lipinski definition) is 13. The lowest BCUT2D eigenvalue weighted by molar-refractivity contribution is -0.143. The molecular formula is C42H67N11O11. The van der Waals surface area contributed by atoms with E-state index in [1.807, 2.05) is 13.0 Å². The average molecular weight is 902 g/mol. The summed E-state index contributed by atoms with van der Waals surface area (Å²) >= 11 is 0. The van der Waals surface area contributed by atoms with Gasteiger partial charge in [-0.15, -0.1) is 0 Å². The Kier molecular flexibility index (Phi) is 22.3. The molecule has 0 aliphatic rings. The molecule has 1 heterocycles. The van der Waals surface area contributed by atoms with Gasteiger partial charge in [-0.2, -0.15) is 0 Å². The van der Waals surface area contributed by atoms with Crippen LogP contribution in [0.1, 0.15) is 85.6 Å². The second kappa shape index (κ2) is 26.5. The first-order valence-corrected chi connectivity index (χ1v) is 21.4. The highest BCUT2D eigenvalue weighted by Gasteiger charge is 2.34. The number of carbonyl (C=O) groups excluding carboxylic acids is 8. The van der Waals surface area contributed by atoms with E-state index in [9.17, 15) is 53.4 Å². The van der Waals surface area contributed by atoms with E-state index in [1.54, 1.807) is 45.2 Å². The number of primary amides is 1. The van der Waals surface area contributed by atoms with Gasteiger partial charge in [-0.1, -0.05) is 52.3 Å². The molecule has 22 heteroatoms. The number of carboxylic acid groups (broad SMARTS) is 1. The van der Waals surface area contributed by atoms with Crippen molar-refractivity contribution in [3.63, 3.8) is 0 Å². The molecule has 64 heavy (non-hydrogen) atoms. The van der Waals surface area contributed by atoms with Crippen LogP contribution in [0.5, 0.6) is 0 Å². The van der Waals surface area contributed by atoms with Gasteiger partial charge in [0.2, 0.25) is 47.3 Å². The van der Waals surface area contributed by atoms with Crippen molar-refractivity contribution in [1.82, 2.24) is 42.2 Å². The van der Waals surface area contributed by atoms with Crippen LogP contribution >= 0.6 is 0 Å². The molecule has 0 bridgehead atoms. The monoisotopic (exact) mass is 902 g/mol. The molecule has 2 aromatic rings. The predicted octanol–water partition coefficient (Wildman–Crippen LogP) is -2.36. The Bertz CT molecular complexity index is 1940. The van der Waals surface area contributed by atoms with Crippen LogP contribution in [0.3, 0.4) is 0 Å². The maximum absolute atomic E-state index is 13.7. The van der Waals surface area contributed by atoms with E-state index in [4.69, 9.17) is 17.2 Å². The number of rotatable bonds is 28. The Balaban J connectivity index is 2.07. The van der Waals surface area contributed by atoms with Crippen LogP contribution in [0.15, 0.2) is 30.5 Å². The molecule has 0 saturated heterocycles. The normalized spacial score (nSPS) is 15.5. The summed E-state index contributed by atoms with van der Waals surface area (Å²) in [6.45, 7) is 9.00. The number of nitrogens with one attached hydrogen (secondary N) is 8. The number of aliphatic hydroxyl groups is 1. The molecule has 0 aliphatic carbocycles. The topological polar surface area (TPSA) is 372 Å². The van der Waals surface area contributed by atoms with Crippen LogP contribution in [0, 0.1) is 11.8 Å². The van der Waals surface area contributed by atoms with Gasteiger partial charge < -0.3 is 69.6 Å². The quantitative estimate of drug-likeness (QED) is 0.0398. The number of aliphatic carboxylic acids is 1. The minimum Gasteiger partial charge on any atom is -0.480 e. The second-order valence-electron chi connectivity index (χ2n) is 16.3. The fourth-order valence-corrected chi connectivity index (χ4v) is 6.46. The molecule has 1 aromatic heterocycles. The molecule has 8 amide bonds. The smallest absolute Gasteiger partial charge is 0.326 e. The van der Waals surface area contributed by atoms with E-state index in [-0.39, 0.29) is 31.6 Å². The number of aromatic nitrogens is 1. The average Bonchev–Trinajstić information content (AvgIpc) is 3.65. The third-order valence-corrected chi connectivity index (χ3v) is 10.7. The maximum Gasteiger partial charge on any atom is 0.326 e. The van der Waals surface area contributed by atoms with Crippen LogP contribution in [0.25, 0.3) is 10.9 Å². The lowest BCUT2D eigenvalue weighted by Gasteiger charge is -2.28. The number of para-hydroxylation sites is 1. The summed E-state index contributed by atoms with van der Waals surface area (Å²) < 4.78 is 0. The number of unbranched alkanes of at least 4 members (excludes halogenated alkanes) is 1. The summed E-state index contributed by atoms with van der Waals surface area (Å²) in [4.78, 5) is 119. The Labute approximate surface area is 372 Å². The van der Waals surface area contributed by atoms with Crippen molar-refractivity contribution >= 4 is 64.1 Å². The molecular weight excluding hydrogens is 835 g/mol. The Hall–Kier alpha value is -6.13. The second-order valence-corrected chi connectivity index (χ2v) is 16.3. The van der Waals surface area contributed by atoms with Crippen molar-refractivity contribution in [1.29, 1.82) is 0 Å². The third kappa shape index (κ3) is 17.2. The molecule has 9 atom stereocenters. The van der Waals surface area contributed by atoms with Crippen molar-refractivity contribution in [2.75, 3.05) is 13.1 Å². The minimum absolute atomic E-state index is 0.0909. The lowest BCUT2D eigenvalue weighted by atomic mass is 9.98. The standard InChI is InChI=1S/C42H67N11O11/c1-7-22(4)33(45)39(60)50-29(15-16-31(44)55)37(58)49-28(14-10-11-17-43)38(59)53-34(21(2)3)40(61)48-23(5)36(57)47-20-32(56)52-35(24(6)54)41(62)51-30(42(63)64)18-25-19-46-27-13-9-8-12-26(25)27/h8-9,12-13,19,21-24,28-30,33-35,46,54H,7,10-11,14-18,20,43,45H2,1-6H3,(H2,44,55)(H,47,57)(H,48,61)(H,49,58)(H,50,60)(H,51,62)(H,52,56)(H,53,59)(H,63,64)/t22-,23-,24+,28-,29-,30-,33-,34-,35-/m0/s1. The zero-order chi connectivity index (χ0) is 48.3. The molecule has 1 aromatic carbocycles. The SMILES string of the molecule is CC[C@H](C)[C@H](N)C(=O)N[C@@H](CCC(N)=O)C(=O)N[C@@H](CCCCN)C(=O)N[C@H](C(=O)N[C@@H](C)C(=O)NCC(=O)N[C@H](C(=O)N[C@@H](Cc1c[nH]c2ccccc12)C(=O)O)[C@@H](C)O)C(C)C. The number of carbonyl (C=O) groups is 9. The van der Waals surface area contributed by atoms with E-state index < -0.39 is 114 Å². The first-order chi connectivity index (χ1) is 30.1. The number of carboxylic acids is 1. The minimum atomic E-state index is -1.60. The summed E-state index contributed by atoms with van der Waals surface area (Å²) in [5.74, 6) is -8.51. The molecule has 0 saturated carbocycles. The van der Waals surface area contributed by atoms with E-state index >= 15 is 0 Å². The van der Waals surface area contributed by atoms with Gasteiger partial charge in [-0.05, 0) is 69.5 Å². The summed E-state index contributed by atoms with van der Waals surface area (Å²) in [5.41, 5.74) is 18.4. The number of H-pyrrole nitrogens is 1. The van der Waals surface area contributed by atoms with Crippen molar-refractivity contribution in [2.24, 2.45) is 29.0 Å². The molecule has 22 nitrogen and oxygen atoms in total. The van der Waals surface area contributed by atoms with Crippen LogP contribution in [-0.4, -0.2) is 130 Å². The van der Waals surface area contributed by atoms with Crippen molar-refractivity contribution in [3.8, 4) is 0 Å². The number of aromatic amines is 1. The number of aliphatic hydroxyl groups excluding tert-OH is 1. The van der Waals surface area contributed by atoms with Gasteiger partial charge in [0.25, 0.3) is 0 Å². The number of benzene rings is 1. The highest BCUT2D eigenvalue weighted by atomic mass is 16.4. The van der Waals surface area contributed by atoms with Crippen LogP contribution in [-0.2, 0) is 49.6 Å². The Morgan fingerprint density at radius 3 is 1.91 bits per heavy atom. The fraction of sp³-hybridized carbons (Fsp3) is 0.595. The molecule has 356 valence electrons. The lowest BCUT2D eigenvalue weighted by Crippen LogP contribution is -2.60. The molecule has 0 aliphatic heterocycles. The molecule has 0 spiro atoms. The van der Waals surface area contributed by atoms with Gasteiger partial charge in [0.15, 0.2) is 0 Å². The van der Waals surface area contributed by atoms with Crippen LogP contribution < -0.4 is 54.4 Å². The number of hydrogen-bond acceptors (Lipinski definition) is 12. The van der Waals surface area contributed by atoms with Gasteiger partial charge in [-0.3, -0.25) is 38.4 Å². The van der Waals surface area contributed by atoms with E-state index in [2.05, 4.69) is 42.2 Å². The van der Waals surface area contributed by atoms with Crippen molar-refractivity contribution in [3.05, 3.63) is 36.0 Å². The van der Waals surface area contributed by atoms with Crippen molar-refractivity contribution < 1.29 is 53.4 Å². The largest absolute Gasteiger partial charge is 0.480 e.